The number of benzene rings is 2. The molecule has 0 bridgehead atoms. The first-order valence-electron chi connectivity index (χ1n) is 5.08. The van der Waals surface area contributed by atoms with Crippen molar-refractivity contribution in [2.24, 2.45) is 0 Å². The van der Waals surface area contributed by atoms with Crippen LogP contribution in [0, 0.1) is 0 Å². The van der Waals surface area contributed by atoms with E-state index in [2.05, 4.69) is 18.2 Å². The molecular formula is C14H9ClO. The Morgan fingerprint density at radius 2 is 1.69 bits per heavy atom. The molecule has 0 radical (unpaired) electrons. The van der Waals surface area contributed by atoms with Crippen molar-refractivity contribution >= 4 is 23.8 Å². The van der Waals surface area contributed by atoms with Crippen molar-refractivity contribution in [1.29, 1.82) is 0 Å². The van der Waals surface area contributed by atoms with Crippen LogP contribution in [-0.4, -0.2) is 0 Å². The minimum Gasteiger partial charge on any atom is -0.447 e. The van der Waals surface area contributed by atoms with Crippen LogP contribution >= 0.6 is 11.6 Å². The van der Waals surface area contributed by atoms with Gasteiger partial charge in [0.25, 0.3) is 0 Å². The molecule has 0 spiro atoms. The van der Waals surface area contributed by atoms with E-state index in [4.69, 9.17) is 16.3 Å². The van der Waals surface area contributed by atoms with E-state index in [1.165, 1.54) is 5.56 Å². The Hall–Kier alpha value is -1.73. The molecule has 2 aromatic rings. The van der Waals surface area contributed by atoms with Gasteiger partial charge in [0.2, 0.25) is 0 Å². The van der Waals surface area contributed by atoms with Crippen LogP contribution in [0.15, 0.2) is 42.5 Å². The molecule has 0 saturated carbocycles. The van der Waals surface area contributed by atoms with Crippen LogP contribution < -0.4 is 4.74 Å². The lowest BCUT2D eigenvalue weighted by Gasteiger charge is -1.91. The molecule has 2 aromatic carbocycles. The zero-order valence-electron chi connectivity index (χ0n) is 8.48. The van der Waals surface area contributed by atoms with Crippen molar-refractivity contribution in [1.82, 2.24) is 0 Å². The van der Waals surface area contributed by atoms with Gasteiger partial charge in [-0.05, 0) is 17.7 Å². The van der Waals surface area contributed by atoms with Gasteiger partial charge < -0.3 is 4.74 Å². The molecule has 1 aliphatic rings. The lowest BCUT2D eigenvalue weighted by molar-refractivity contribution is 0.649. The quantitative estimate of drug-likeness (QED) is 0.461. The standard InChI is InChI=1S/C14H9ClO/c15-12-9-8-11(13-14(12)16-13)7-6-10-4-2-1-3-5-10/h1-9H. The van der Waals surface area contributed by atoms with E-state index in [-0.39, 0.29) is 0 Å². The summed E-state index contributed by atoms with van der Waals surface area (Å²) >= 11 is 5.90. The van der Waals surface area contributed by atoms with Crippen LogP contribution in [0.2, 0.25) is 5.02 Å². The van der Waals surface area contributed by atoms with Gasteiger partial charge in [0.05, 0.1) is 5.02 Å². The minimum atomic E-state index is 0.687. The minimum absolute atomic E-state index is 0.687. The molecule has 3 rings (SSSR count). The summed E-state index contributed by atoms with van der Waals surface area (Å²) < 4.78 is 5.30. The van der Waals surface area contributed by atoms with Crippen LogP contribution in [0.1, 0.15) is 11.1 Å². The molecule has 0 aliphatic carbocycles. The van der Waals surface area contributed by atoms with Gasteiger partial charge in [-0.1, -0.05) is 54.1 Å². The molecule has 2 heteroatoms. The van der Waals surface area contributed by atoms with Crippen LogP contribution in [0.5, 0.6) is 11.5 Å². The fraction of sp³-hybridized carbons (Fsp3) is 0. The number of hydrogen-bond acceptors (Lipinski definition) is 1. The average Bonchev–Trinajstić information content (AvgIpc) is 3.11. The first-order chi connectivity index (χ1) is 7.84. The van der Waals surface area contributed by atoms with Gasteiger partial charge in [0.15, 0.2) is 11.5 Å². The summed E-state index contributed by atoms with van der Waals surface area (Å²) in [4.78, 5) is 0. The Bertz CT molecular complexity index is 558. The highest BCUT2D eigenvalue weighted by molar-refractivity contribution is 6.33. The molecule has 16 heavy (non-hydrogen) atoms. The fourth-order valence-electron chi connectivity index (χ4n) is 1.62. The van der Waals surface area contributed by atoms with Gasteiger partial charge >= 0.3 is 0 Å². The Kier molecular flexibility index (Phi) is 2.19. The molecule has 0 atom stereocenters. The Labute approximate surface area is 98.9 Å². The van der Waals surface area contributed by atoms with Crippen LogP contribution in [-0.2, 0) is 0 Å². The number of rotatable bonds is 2. The summed E-state index contributed by atoms with van der Waals surface area (Å²) in [5, 5.41) is 0.687. The second-order valence-electron chi connectivity index (χ2n) is 3.64. The normalized spacial score (nSPS) is 12.3. The molecule has 0 unspecified atom stereocenters. The van der Waals surface area contributed by atoms with Crippen molar-refractivity contribution in [3.63, 3.8) is 0 Å². The fourth-order valence-corrected chi connectivity index (χ4v) is 1.81. The summed E-state index contributed by atoms with van der Waals surface area (Å²) in [6, 6.07) is 14.0. The summed E-state index contributed by atoms with van der Waals surface area (Å²) in [6.07, 6.45) is 4.10. The van der Waals surface area contributed by atoms with E-state index in [1.54, 1.807) is 0 Å². The predicted octanol–water partition coefficient (Wildman–Crippen LogP) is 4.62. The predicted molar refractivity (Wildman–Crippen MR) is 66.9 cm³/mol. The van der Waals surface area contributed by atoms with E-state index in [0.29, 0.717) is 5.02 Å². The first-order valence-corrected chi connectivity index (χ1v) is 5.46. The highest BCUT2D eigenvalue weighted by Crippen LogP contribution is 2.53. The number of ether oxygens (including phenoxy) is 1. The molecule has 0 fully saturated rings. The summed E-state index contributed by atoms with van der Waals surface area (Å²) in [5.74, 6) is 1.72. The largest absolute Gasteiger partial charge is 0.447 e. The monoisotopic (exact) mass is 228 g/mol. The Morgan fingerprint density at radius 1 is 0.875 bits per heavy atom. The van der Waals surface area contributed by atoms with Crippen molar-refractivity contribution in [3.8, 4) is 11.5 Å². The van der Waals surface area contributed by atoms with Gasteiger partial charge in [-0.2, -0.15) is 0 Å². The average molecular weight is 229 g/mol. The van der Waals surface area contributed by atoms with Crippen LogP contribution in [0.25, 0.3) is 12.2 Å². The van der Waals surface area contributed by atoms with E-state index in [9.17, 15) is 0 Å². The maximum atomic E-state index is 5.90. The van der Waals surface area contributed by atoms with E-state index >= 15 is 0 Å². The smallest absolute Gasteiger partial charge is 0.189 e. The zero-order valence-corrected chi connectivity index (χ0v) is 9.24. The number of hydrogen-bond donors (Lipinski definition) is 0. The number of fused-ring (bicyclic) bond motifs is 1. The Morgan fingerprint density at radius 3 is 2.50 bits per heavy atom. The van der Waals surface area contributed by atoms with Crippen molar-refractivity contribution in [2.45, 2.75) is 0 Å². The lowest BCUT2D eigenvalue weighted by Crippen LogP contribution is -1.69. The molecule has 78 valence electrons. The molecule has 1 heterocycles. The second kappa shape index (κ2) is 3.69. The van der Waals surface area contributed by atoms with E-state index in [0.717, 1.165) is 17.1 Å². The molecule has 0 saturated heterocycles. The highest BCUT2D eigenvalue weighted by atomic mass is 35.5. The second-order valence-corrected chi connectivity index (χ2v) is 4.05. The summed E-state index contributed by atoms with van der Waals surface area (Å²) in [6.45, 7) is 0. The SMILES string of the molecule is Clc1ccc(C=Cc2ccccc2)c2c1O2. The third kappa shape index (κ3) is 1.70. The van der Waals surface area contributed by atoms with E-state index < -0.39 is 0 Å². The Balaban J connectivity index is 1.89. The topological polar surface area (TPSA) is 12.5 Å². The molecular weight excluding hydrogens is 220 g/mol. The van der Waals surface area contributed by atoms with Crippen LogP contribution in [0.4, 0.5) is 0 Å². The van der Waals surface area contributed by atoms with Gasteiger partial charge in [-0.3, -0.25) is 0 Å². The van der Waals surface area contributed by atoms with Gasteiger partial charge in [-0.15, -0.1) is 0 Å². The first kappa shape index (κ1) is 9.49. The lowest BCUT2D eigenvalue weighted by atomic mass is 10.1. The van der Waals surface area contributed by atoms with Crippen molar-refractivity contribution < 1.29 is 4.74 Å². The van der Waals surface area contributed by atoms with E-state index in [1.807, 2.05) is 36.4 Å². The maximum absolute atomic E-state index is 5.90. The van der Waals surface area contributed by atoms with Gasteiger partial charge in [-0.25, -0.2) is 0 Å². The molecule has 1 nitrogen and oxygen atoms in total. The number of halogens is 1. The summed E-state index contributed by atoms with van der Waals surface area (Å²) in [5.41, 5.74) is 2.25. The molecule has 1 aliphatic heterocycles. The van der Waals surface area contributed by atoms with Gasteiger partial charge in [0, 0.05) is 5.56 Å². The van der Waals surface area contributed by atoms with Crippen molar-refractivity contribution in [3.05, 3.63) is 58.6 Å². The van der Waals surface area contributed by atoms with Crippen LogP contribution in [0.3, 0.4) is 0 Å². The maximum Gasteiger partial charge on any atom is 0.189 e. The molecule has 0 N–H and O–H groups in total. The highest BCUT2D eigenvalue weighted by Gasteiger charge is 2.26. The van der Waals surface area contributed by atoms with Gasteiger partial charge in [0.1, 0.15) is 0 Å². The molecule has 0 amide bonds. The third-order valence-electron chi connectivity index (χ3n) is 2.51. The zero-order chi connectivity index (χ0) is 11.0. The third-order valence-corrected chi connectivity index (χ3v) is 2.81. The van der Waals surface area contributed by atoms with Crippen molar-refractivity contribution in [2.75, 3.05) is 0 Å². The summed E-state index contributed by atoms with van der Waals surface area (Å²) in [7, 11) is 0. The molecule has 0 aromatic heterocycles.